The molecule has 0 saturated carbocycles. The fraction of sp³-hybridized carbons (Fsp3) is 0.847. The van der Waals surface area contributed by atoms with Gasteiger partial charge in [0, 0.05) is 19.3 Å². The maximum Gasteiger partial charge on any atom is 0.306 e. The van der Waals surface area contributed by atoms with E-state index in [-0.39, 0.29) is 31.1 Å². The molecule has 0 heterocycles. The third-order valence-corrected chi connectivity index (χ3v) is 15.6. The average Bonchev–Trinajstić information content (AvgIpc) is 3.44. The highest BCUT2D eigenvalue weighted by molar-refractivity contribution is 5.71. The van der Waals surface area contributed by atoms with Crippen LogP contribution in [0.5, 0.6) is 0 Å². The van der Waals surface area contributed by atoms with E-state index in [0.29, 0.717) is 19.3 Å². The van der Waals surface area contributed by atoms with E-state index < -0.39 is 6.10 Å². The van der Waals surface area contributed by atoms with Crippen LogP contribution in [0.1, 0.15) is 374 Å². The Hall–Kier alpha value is -2.63. The third kappa shape index (κ3) is 64.2. The zero-order chi connectivity index (χ0) is 56.4. The highest BCUT2D eigenvalue weighted by Gasteiger charge is 2.19. The van der Waals surface area contributed by atoms with Gasteiger partial charge < -0.3 is 14.2 Å². The molecule has 456 valence electrons. The molecule has 0 bridgehead atoms. The second-order valence-electron chi connectivity index (χ2n) is 23.4. The number of unbranched alkanes of at least 4 members (excludes halogenated alkanes) is 45. The van der Waals surface area contributed by atoms with Crippen molar-refractivity contribution in [1.29, 1.82) is 0 Å². The van der Waals surface area contributed by atoms with E-state index in [2.05, 4.69) is 69.4 Å². The van der Waals surface area contributed by atoms with Gasteiger partial charge in [0.1, 0.15) is 13.2 Å². The number of allylic oxidation sites excluding steroid dienone is 8. The van der Waals surface area contributed by atoms with Gasteiger partial charge in [-0.15, -0.1) is 0 Å². The molecule has 0 aromatic heterocycles. The zero-order valence-corrected chi connectivity index (χ0v) is 52.5. The van der Waals surface area contributed by atoms with Crippen molar-refractivity contribution in [2.45, 2.75) is 380 Å². The van der Waals surface area contributed by atoms with Gasteiger partial charge in [-0.05, 0) is 83.5 Å². The summed E-state index contributed by atoms with van der Waals surface area (Å²) >= 11 is 0. The average molecular weight is 1090 g/mol. The van der Waals surface area contributed by atoms with E-state index >= 15 is 0 Å². The first-order valence-electron chi connectivity index (χ1n) is 34.6. The lowest BCUT2D eigenvalue weighted by Crippen LogP contribution is -2.30. The lowest BCUT2D eigenvalue weighted by atomic mass is 10.0. The topological polar surface area (TPSA) is 78.9 Å². The molecule has 6 heteroatoms. The normalized spacial score (nSPS) is 12.3. The molecule has 1 unspecified atom stereocenters. The van der Waals surface area contributed by atoms with Gasteiger partial charge >= 0.3 is 17.9 Å². The van der Waals surface area contributed by atoms with Gasteiger partial charge in [0.15, 0.2) is 6.10 Å². The Bertz CT molecular complexity index is 1350. The fourth-order valence-corrected chi connectivity index (χ4v) is 10.3. The predicted octanol–water partition coefficient (Wildman–Crippen LogP) is 23.7. The first kappa shape index (κ1) is 75.4. The van der Waals surface area contributed by atoms with Crippen molar-refractivity contribution in [3.05, 3.63) is 48.6 Å². The lowest BCUT2D eigenvalue weighted by Gasteiger charge is -2.18. The molecule has 0 rings (SSSR count). The van der Waals surface area contributed by atoms with Gasteiger partial charge in [-0.25, -0.2) is 0 Å². The van der Waals surface area contributed by atoms with Crippen LogP contribution in [0.25, 0.3) is 0 Å². The Kier molecular flexibility index (Phi) is 64.6. The van der Waals surface area contributed by atoms with Crippen LogP contribution in [0.15, 0.2) is 48.6 Å². The molecule has 0 aliphatic heterocycles. The van der Waals surface area contributed by atoms with E-state index in [0.717, 1.165) is 89.9 Å². The molecule has 6 nitrogen and oxygen atoms in total. The smallest absolute Gasteiger partial charge is 0.306 e. The summed E-state index contributed by atoms with van der Waals surface area (Å²) in [5, 5.41) is 0. The molecule has 0 aliphatic carbocycles. The minimum atomic E-state index is -0.777. The van der Waals surface area contributed by atoms with Gasteiger partial charge in [-0.1, -0.05) is 320 Å². The number of hydrogen-bond acceptors (Lipinski definition) is 6. The molecule has 0 N–H and O–H groups in total. The van der Waals surface area contributed by atoms with E-state index in [1.54, 1.807) is 0 Å². The molecule has 0 aliphatic rings. The first-order chi connectivity index (χ1) is 38.5. The molecule has 0 spiro atoms. The molecule has 0 radical (unpaired) electrons. The number of carbonyl (C=O) groups excluding carboxylic acids is 3. The van der Waals surface area contributed by atoms with Crippen molar-refractivity contribution in [2.24, 2.45) is 0 Å². The number of ether oxygens (including phenoxy) is 3. The Labute approximate surface area is 486 Å². The van der Waals surface area contributed by atoms with Gasteiger partial charge in [-0.3, -0.25) is 14.4 Å². The zero-order valence-electron chi connectivity index (χ0n) is 52.5. The summed E-state index contributed by atoms with van der Waals surface area (Å²) < 4.78 is 16.9. The van der Waals surface area contributed by atoms with E-state index in [1.807, 2.05) is 0 Å². The fourth-order valence-electron chi connectivity index (χ4n) is 10.3. The molecule has 1 atom stereocenters. The Morgan fingerprint density at radius 3 is 0.718 bits per heavy atom. The summed E-state index contributed by atoms with van der Waals surface area (Å²) in [6.45, 7) is 6.65. The number of carbonyl (C=O) groups is 3. The second-order valence-corrected chi connectivity index (χ2v) is 23.4. The maximum absolute atomic E-state index is 12.9. The third-order valence-electron chi connectivity index (χ3n) is 15.6. The minimum Gasteiger partial charge on any atom is -0.462 e. The summed E-state index contributed by atoms with van der Waals surface area (Å²) in [5.74, 6) is -0.865. The van der Waals surface area contributed by atoms with Crippen LogP contribution in [-0.4, -0.2) is 37.2 Å². The van der Waals surface area contributed by atoms with Crippen LogP contribution in [0, 0.1) is 0 Å². The van der Waals surface area contributed by atoms with E-state index in [1.165, 1.54) is 244 Å². The van der Waals surface area contributed by atoms with Crippen molar-refractivity contribution >= 4 is 17.9 Å². The first-order valence-corrected chi connectivity index (χ1v) is 34.6. The SMILES string of the molecule is CCCCCC/C=C\C/C=C\CCCCCCCC(=O)OC(COC(=O)CCCCCCCCCCCCC)COC(=O)CCCCCCCCCCCCCCCCCCCCCCC/C=C\C/C=C\CCCCCCC. The van der Waals surface area contributed by atoms with Crippen LogP contribution in [0.4, 0.5) is 0 Å². The van der Waals surface area contributed by atoms with Crippen molar-refractivity contribution in [3.8, 4) is 0 Å². The van der Waals surface area contributed by atoms with Crippen LogP contribution >= 0.6 is 0 Å². The predicted molar refractivity (Wildman–Crippen MR) is 339 cm³/mol. The molecular weight excluding hydrogens is 961 g/mol. The van der Waals surface area contributed by atoms with Crippen LogP contribution in [0.2, 0.25) is 0 Å². The summed E-state index contributed by atoms with van der Waals surface area (Å²) in [4.78, 5) is 38.3. The van der Waals surface area contributed by atoms with Crippen LogP contribution in [-0.2, 0) is 28.6 Å². The largest absolute Gasteiger partial charge is 0.462 e. The van der Waals surface area contributed by atoms with Crippen molar-refractivity contribution in [2.75, 3.05) is 13.2 Å². The van der Waals surface area contributed by atoms with Gasteiger partial charge in [0.2, 0.25) is 0 Å². The van der Waals surface area contributed by atoms with Crippen molar-refractivity contribution < 1.29 is 28.6 Å². The summed E-state index contributed by atoms with van der Waals surface area (Å²) in [6.07, 6.45) is 84.4. The second kappa shape index (κ2) is 66.9. The molecule has 0 aromatic rings. The van der Waals surface area contributed by atoms with Crippen molar-refractivity contribution in [1.82, 2.24) is 0 Å². The molecule has 0 saturated heterocycles. The summed E-state index contributed by atoms with van der Waals surface area (Å²) in [7, 11) is 0. The monoisotopic (exact) mass is 1090 g/mol. The van der Waals surface area contributed by atoms with E-state index in [9.17, 15) is 14.4 Å². The van der Waals surface area contributed by atoms with Crippen LogP contribution in [0.3, 0.4) is 0 Å². The molecular formula is C72H132O6. The molecule has 78 heavy (non-hydrogen) atoms. The summed E-state index contributed by atoms with van der Waals surface area (Å²) in [6, 6.07) is 0. The van der Waals surface area contributed by atoms with Crippen LogP contribution < -0.4 is 0 Å². The molecule has 0 fully saturated rings. The molecule has 0 amide bonds. The number of rotatable bonds is 64. The highest BCUT2D eigenvalue weighted by Crippen LogP contribution is 2.18. The minimum absolute atomic E-state index is 0.0736. The Balaban J connectivity index is 4.08. The number of esters is 3. The van der Waals surface area contributed by atoms with Gasteiger partial charge in [0.25, 0.3) is 0 Å². The summed E-state index contributed by atoms with van der Waals surface area (Å²) in [5.41, 5.74) is 0. The molecule has 0 aromatic carbocycles. The maximum atomic E-state index is 12.9. The Morgan fingerprint density at radius 2 is 0.462 bits per heavy atom. The quantitative estimate of drug-likeness (QED) is 0.0261. The highest BCUT2D eigenvalue weighted by atomic mass is 16.6. The standard InChI is InChI=1S/C72H132O6/c1-4-7-10-13-16-19-22-24-26-28-29-30-31-32-33-34-35-36-37-38-39-40-41-42-43-44-46-47-50-53-56-59-62-65-71(74)77-68-69(67-76-70(73)64-61-58-55-52-49-21-18-15-12-9-6-3)78-72(75)66-63-60-57-54-51-48-45-27-25-23-20-17-14-11-8-5-2/h20,22-24,27-29,45,69H,4-19,21,25-26,30-44,46-68H2,1-3H3/b23-20-,24-22-,29-28-,45-27-. The lowest BCUT2D eigenvalue weighted by molar-refractivity contribution is -0.167. The number of hydrogen-bond donors (Lipinski definition) is 0. The van der Waals surface area contributed by atoms with Gasteiger partial charge in [0.05, 0.1) is 0 Å². The van der Waals surface area contributed by atoms with Gasteiger partial charge in [-0.2, -0.15) is 0 Å². The van der Waals surface area contributed by atoms with E-state index in [4.69, 9.17) is 14.2 Å². The Morgan fingerprint density at radius 1 is 0.256 bits per heavy atom. The van der Waals surface area contributed by atoms with Crippen molar-refractivity contribution in [3.63, 3.8) is 0 Å².